The molecule has 1 fully saturated rings. The molecule has 166 valence electrons. The molecule has 32 heavy (non-hydrogen) atoms. The third-order valence-electron chi connectivity index (χ3n) is 5.87. The smallest absolute Gasteiger partial charge is 0.271 e. The van der Waals surface area contributed by atoms with Crippen molar-refractivity contribution in [3.63, 3.8) is 0 Å². The van der Waals surface area contributed by atoms with E-state index in [4.69, 9.17) is 4.74 Å². The van der Waals surface area contributed by atoms with Crippen LogP contribution >= 0.6 is 0 Å². The number of rotatable bonds is 5. The molecule has 2 heterocycles. The minimum atomic E-state index is -0.698. The highest BCUT2D eigenvalue weighted by Crippen LogP contribution is 2.17. The third kappa shape index (κ3) is 4.66. The second kappa shape index (κ2) is 9.26. The fourth-order valence-corrected chi connectivity index (χ4v) is 3.81. The number of carbonyl (C=O) groups excluding carboxylic acids is 1. The lowest BCUT2D eigenvalue weighted by Crippen LogP contribution is -2.52. The minimum absolute atomic E-state index is 0.0801. The molecular weight excluding hydrogens is 404 g/mol. The molecular formula is C25H28N4O3. The Labute approximate surface area is 187 Å². The number of hydrogen-bond acceptors (Lipinski definition) is 5. The predicted molar refractivity (Wildman–Crippen MR) is 125 cm³/mol. The van der Waals surface area contributed by atoms with Gasteiger partial charge in [0.1, 0.15) is 0 Å². The van der Waals surface area contributed by atoms with Crippen LogP contribution in [-0.4, -0.2) is 52.9 Å². The van der Waals surface area contributed by atoms with Gasteiger partial charge in [0.15, 0.2) is 6.10 Å². The molecule has 3 aromatic rings. The van der Waals surface area contributed by atoms with E-state index < -0.39 is 6.10 Å². The molecule has 0 saturated carbocycles. The van der Waals surface area contributed by atoms with Gasteiger partial charge in [-0.15, -0.1) is 5.10 Å². The maximum atomic E-state index is 12.9. The number of amides is 1. The number of carbonyl (C=O) groups is 1. The van der Waals surface area contributed by atoms with Crippen LogP contribution in [0.2, 0.25) is 0 Å². The van der Waals surface area contributed by atoms with Gasteiger partial charge in [-0.2, -0.15) is 4.68 Å². The Balaban J connectivity index is 1.41. The van der Waals surface area contributed by atoms with Crippen molar-refractivity contribution in [3.8, 4) is 11.6 Å². The standard InChI is InChI=1S/C25H28N4O3/c1-18-9-10-22(17-19(18)2)29-24(30)12-11-23(26-29)32-20(3)25(31)28-15-13-27(14-16-28)21-7-5-4-6-8-21/h4-12,17,20H,13-16H2,1-3H3/t20-/m0/s1. The van der Waals surface area contributed by atoms with E-state index in [9.17, 15) is 9.59 Å². The van der Waals surface area contributed by atoms with Crippen molar-refractivity contribution in [1.82, 2.24) is 14.7 Å². The average molecular weight is 433 g/mol. The van der Waals surface area contributed by atoms with Gasteiger partial charge in [0.05, 0.1) is 5.69 Å². The highest BCUT2D eigenvalue weighted by molar-refractivity contribution is 5.81. The number of benzene rings is 2. The zero-order chi connectivity index (χ0) is 22.7. The summed E-state index contributed by atoms with van der Waals surface area (Å²) in [5.74, 6) is 0.162. The van der Waals surface area contributed by atoms with E-state index in [1.807, 2.05) is 55.1 Å². The van der Waals surface area contributed by atoms with E-state index in [0.29, 0.717) is 18.8 Å². The van der Waals surface area contributed by atoms with E-state index in [0.717, 1.165) is 24.2 Å². The van der Waals surface area contributed by atoms with Crippen LogP contribution in [0.1, 0.15) is 18.1 Å². The molecule has 1 aromatic heterocycles. The molecule has 1 saturated heterocycles. The van der Waals surface area contributed by atoms with Gasteiger partial charge in [0, 0.05) is 44.0 Å². The van der Waals surface area contributed by atoms with Crippen LogP contribution in [0.25, 0.3) is 5.69 Å². The first kappa shape index (κ1) is 21.6. The first-order chi connectivity index (χ1) is 15.4. The summed E-state index contributed by atoms with van der Waals surface area (Å²) in [5, 5.41) is 4.34. The van der Waals surface area contributed by atoms with Crippen molar-refractivity contribution >= 4 is 11.6 Å². The van der Waals surface area contributed by atoms with E-state index >= 15 is 0 Å². The second-order valence-electron chi connectivity index (χ2n) is 8.10. The van der Waals surface area contributed by atoms with Crippen molar-refractivity contribution in [2.24, 2.45) is 0 Å². The number of nitrogens with zero attached hydrogens (tertiary/aromatic N) is 4. The number of piperazine rings is 1. The van der Waals surface area contributed by atoms with Crippen LogP contribution < -0.4 is 15.2 Å². The first-order valence-electron chi connectivity index (χ1n) is 10.9. The van der Waals surface area contributed by atoms with Gasteiger partial charge in [-0.05, 0) is 56.2 Å². The van der Waals surface area contributed by atoms with Crippen molar-refractivity contribution in [3.05, 3.63) is 82.1 Å². The van der Waals surface area contributed by atoms with Gasteiger partial charge < -0.3 is 14.5 Å². The second-order valence-corrected chi connectivity index (χ2v) is 8.10. The average Bonchev–Trinajstić information content (AvgIpc) is 2.82. The Morgan fingerprint density at radius 1 is 0.906 bits per heavy atom. The van der Waals surface area contributed by atoms with Crippen LogP contribution in [0.5, 0.6) is 5.88 Å². The Bertz CT molecular complexity index is 1150. The Kier molecular flexibility index (Phi) is 6.25. The fourth-order valence-electron chi connectivity index (χ4n) is 3.81. The number of para-hydroxylation sites is 1. The molecule has 7 heteroatoms. The molecule has 1 amide bonds. The zero-order valence-corrected chi connectivity index (χ0v) is 18.7. The number of aromatic nitrogens is 2. The van der Waals surface area contributed by atoms with Gasteiger partial charge in [-0.1, -0.05) is 24.3 Å². The Morgan fingerprint density at radius 2 is 1.62 bits per heavy atom. The summed E-state index contributed by atoms with van der Waals surface area (Å²) >= 11 is 0. The molecule has 2 aromatic carbocycles. The monoisotopic (exact) mass is 432 g/mol. The first-order valence-corrected chi connectivity index (χ1v) is 10.9. The summed E-state index contributed by atoms with van der Waals surface area (Å²) in [6.45, 7) is 8.55. The van der Waals surface area contributed by atoms with Crippen molar-refractivity contribution < 1.29 is 9.53 Å². The van der Waals surface area contributed by atoms with Crippen LogP contribution in [0.4, 0.5) is 5.69 Å². The summed E-state index contributed by atoms with van der Waals surface area (Å²) < 4.78 is 7.14. The summed E-state index contributed by atoms with van der Waals surface area (Å²) in [6.07, 6.45) is -0.698. The molecule has 1 aliphatic rings. The quantitative estimate of drug-likeness (QED) is 0.620. The molecule has 4 rings (SSSR count). The Morgan fingerprint density at radius 3 is 2.31 bits per heavy atom. The molecule has 1 aliphatic heterocycles. The lowest BCUT2D eigenvalue weighted by Gasteiger charge is -2.37. The summed E-state index contributed by atoms with van der Waals surface area (Å²) in [4.78, 5) is 29.4. The third-order valence-corrected chi connectivity index (χ3v) is 5.87. The maximum Gasteiger partial charge on any atom is 0.271 e. The molecule has 0 radical (unpaired) electrons. The Hall–Kier alpha value is -3.61. The van der Waals surface area contributed by atoms with E-state index in [1.54, 1.807) is 6.92 Å². The highest BCUT2D eigenvalue weighted by atomic mass is 16.5. The van der Waals surface area contributed by atoms with Crippen LogP contribution in [0, 0.1) is 13.8 Å². The normalized spacial score (nSPS) is 14.8. The topological polar surface area (TPSA) is 67.7 Å². The lowest BCUT2D eigenvalue weighted by molar-refractivity contribution is -0.138. The molecule has 0 unspecified atom stereocenters. The largest absolute Gasteiger partial charge is 0.463 e. The number of aryl methyl sites for hydroxylation is 2. The molecule has 7 nitrogen and oxygen atoms in total. The summed E-state index contributed by atoms with van der Waals surface area (Å²) in [6, 6.07) is 18.8. The van der Waals surface area contributed by atoms with Crippen molar-refractivity contribution in [1.29, 1.82) is 0 Å². The number of ether oxygens (including phenoxy) is 1. The molecule has 0 spiro atoms. The van der Waals surface area contributed by atoms with Crippen LogP contribution in [0.15, 0.2) is 65.5 Å². The summed E-state index contributed by atoms with van der Waals surface area (Å²) in [5.41, 5.74) is 3.79. The van der Waals surface area contributed by atoms with Crippen LogP contribution in [-0.2, 0) is 4.79 Å². The number of anilines is 1. The van der Waals surface area contributed by atoms with Crippen molar-refractivity contribution in [2.45, 2.75) is 26.9 Å². The van der Waals surface area contributed by atoms with Crippen molar-refractivity contribution in [2.75, 3.05) is 31.1 Å². The maximum absolute atomic E-state index is 12.9. The SMILES string of the molecule is Cc1ccc(-n2nc(O[C@@H](C)C(=O)N3CCN(c4ccccc4)CC3)ccc2=O)cc1C. The predicted octanol–water partition coefficient (Wildman–Crippen LogP) is 2.97. The fraction of sp³-hybridized carbons (Fsp3) is 0.320. The molecule has 0 N–H and O–H groups in total. The number of hydrogen-bond donors (Lipinski definition) is 0. The van der Waals surface area contributed by atoms with E-state index in [2.05, 4.69) is 22.1 Å². The zero-order valence-electron chi connectivity index (χ0n) is 18.7. The summed E-state index contributed by atoms with van der Waals surface area (Å²) in [7, 11) is 0. The molecule has 1 atom stereocenters. The molecule has 0 bridgehead atoms. The van der Waals surface area contributed by atoms with E-state index in [-0.39, 0.29) is 17.3 Å². The molecule has 0 aliphatic carbocycles. The highest BCUT2D eigenvalue weighted by Gasteiger charge is 2.26. The van der Waals surface area contributed by atoms with Gasteiger partial charge in [0.2, 0.25) is 5.88 Å². The van der Waals surface area contributed by atoms with Crippen LogP contribution in [0.3, 0.4) is 0 Å². The minimum Gasteiger partial charge on any atom is -0.463 e. The van der Waals surface area contributed by atoms with Gasteiger partial charge in [0.25, 0.3) is 11.5 Å². The van der Waals surface area contributed by atoms with Gasteiger partial charge >= 0.3 is 0 Å². The van der Waals surface area contributed by atoms with Gasteiger partial charge in [-0.25, -0.2) is 0 Å². The lowest BCUT2D eigenvalue weighted by atomic mass is 10.1. The van der Waals surface area contributed by atoms with Gasteiger partial charge in [-0.3, -0.25) is 9.59 Å². The van der Waals surface area contributed by atoms with E-state index in [1.165, 1.54) is 22.5 Å².